The van der Waals surface area contributed by atoms with E-state index in [9.17, 15) is 14.4 Å². The molecule has 0 spiro atoms. The summed E-state index contributed by atoms with van der Waals surface area (Å²) in [5, 5.41) is 6.72. The molecule has 3 rings (SSSR count). The van der Waals surface area contributed by atoms with Gasteiger partial charge in [0.1, 0.15) is 6.54 Å². The topological polar surface area (TPSA) is 87.5 Å². The molecule has 4 amide bonds. The standard InChI is InChI=1S/C15H21N5O3/c1-11-6-17-18(8-11)9-12-4-2-3-5-19(12)14(22)10-20-13(21)7-16-15(20)23/h6,8,12H,2-5,7,9-10H2,1H3,(H,16,23)/t12-/m1/s1. The van der Waals surface area contributed by atoms with Crippen molar-refractivity contribution < 1.29 is 14.4 Å². The first-order valence-electron chi connectivity index (χ1n) is 7.91. The van der Waals surface area contributed by atoms with Crippen molar-refractivity contribution in [1.82, 2.24) is 24.9 Å². The van der Waals surface area contributed by atoms with Gasteiger partial charge in [-0.15, -0.1) is 0 Å². The lowest BCUT2D eigenvalue weighted by atomic mass is 10.0. The van der Waals surface area contributed by atoms with E-state index in [1.165, 1.54) is 0 Å². The zero-order valence-electron chi connectivity index (χ0n) is 13.2. The molecule has 8 heteroatoms. The zero-order chi connectivity index (χ0) is 16.4. The predicted octanol–water partition coefficient (Wildman–Crippen LogP) is 0.124. The highest BCUT2D eigenvalue weighted by atomic mass is 16.2. The van der Waals surface area contributed by atoms with E-state index in [-0.39, 0.29) is 30.9 Å². The van der Waals surface area contributed by atoms with Crippen molar-refractivity contribution in [2.24, 2.45) is 0 Å². The van der Waals surface area contributed by atoms with Crippen LogP contribution in [0.1, 0.15) is 24.8 Å². The van der Waals surface area contributed by atoms with Crippen molar-refractivity contribution in [3.05, 3.63) is 18.0 Å². The summed E-state index contributed by atoms with van der Waals surface area (Å²) in [6, 6.07) is -0.434. The summed E-state index contributed by atoms with van der Waals surface area (Å²) in [5.41, 5.74) is 1.08. The van der Waals surface area contributed by atoms with Gasteiger partial charge in [-0.2, -0.15) is 5.10 Å². The minimum Gasteiger partial charge on any atom is -0.336 e. The van der Waals surface area contributed by atoms with Crippen LogP contribution in [0.4, 0.5) is 4.79 Å². The highest BCUT2D eigenvalue weighted by Crippen LogP contribution is 2.19. The number of hydrogen-bond donors (Lipinski definition) is 1. The molecule has 3 heterocycles. The van der Waals surface area contributed by atoms with E-state index in [1.54, 1.807) is 11.1 Å². The van der Waals surface area contributed by atoms with Gasteiger partial charge < -0.3 is 10.2 Å². The molecule has 0 unspecified atom stereocenters. The number of carbonyl (C=O) groups excluding carboxylic acids is 3. The zero-order valence-corrected chi connectivity index (χ0v) is 13.2. The fraction of sp³-hybridized carbons (Fsp3) is 0.600. The van der Waals surface area contributed by atoms with Crippen molar-refractivity contribution in [2.75, 3.05) is 19.6 Å². The maximum atomic E-state index is 12.6. The SMILES string of the molecule is Cc1cnn(C[C@H]2CCCCN2C(=O)CN2C(=O)CNC2=O)c1. The lowest BCUT2D eigenvalue weighted by Gasteiger charge is -2.36. The maximum absolute atomic E-state index is 12.6. The average molecular weight is 319 g/mol. The van der Waals surface area contributed by atoms with E-state index in [2.05, 4.69) is 10.4 Å². The van der Waals surface area contributed by atoms with E-state index >= 15 is 0 Å². The molecule has 0 radical (unpaired) electrons. The number of hydrogen-bond acceptors (Lipinski definition) is 4. The Bertz CT molecular complexity index is 610. The van der Waals surface area contributed by atoms with Gasteiger partial charge in [-0.3, -0.25) is 19.2 Å². The van der Waals surface area contributed by atoms with E-state index < -0.39 is 6.03 Å². The summed E-state index contributed by atoms with van der Waals surface area (Å²) in [6.07, 6.45) is 6.67. The number of nitrogens with one attached hydrogen (secondary N) is 1. The molecule has 2 aliphatic heterocycles. The van der Waals surface area contributed by atoms with Crippen LogP contribution in [-0.4, -0.2) is 63.1 Å². The first-order valence-corrected chi connectivity index (χ1v) is 7.91. The number of nitrogens with zero attached hydrogens (tertiary/aromatic N) is 4. The molecule has 8 nitrogen and oxygen atoms in total. The van der Waals surface area contributed by atoms with Gasteiger partial charge in [-0.25, -0.2) is 4.79 Å². The fourth-order valence-electron chi connectivity index (χ4n) is 3.14. The van der Waals surface area contributed by atoms with Crippen molar-refractivity contribution in [3.8, 4) is 0 Å². The minimum atomic E-state index is -0.486. The van der Waals surface area contributed by atoms with Crippen LogP contribution in [0.25, 0.3) is 0 Å². The maximum Gasteiger partial charge on any atom is 0.325 e. The van der Waals surface area contributed by atoms with Crippen LogP contribution in [0.15, 0.2) is 12.4 Å². The molecule has 124 valence electrons. The fourth-order valence-corrected chi connectivity index (χ4v) is 3.14. The summed E-state index contributed by atoms with van der Waals surface area (Å²) in [6.45, 7) is 3.07. The predicted molar refractivity (Wildman–Crippen MR) is 81.4 cm³/mol. The van der Waals surface area contributed by atoms with Crippen molar-refractivity contribution >= 4 is 17.8 Å². The van der Waals surface area contributed by atoms with Gasteiger partial charge in [0.2, 0.25) is 5.91 Å². The third-order valence-electron chi connectivity index (χ3n) is 4.34. The van der Waals surface area contributed by atoms with Gasteiger partial charge in [0, 0.05) is 12.7 Å². The lowest BCUT2D eigenvalue weighted by molar-refractivity contribution is -0.139. The highest BCUT2D eigenvalue weighted by Gasteiger charge is 2.34. The Morgan fingerprint density at radius 2 is 2.22 bits per heavy atom. The van der Waals surface area contributed by atoms with Gasteiger partial charge in [0.25, 0.3) is 5.91 Å². The second-order valence-electron chi connectivity index (χ2n) is 6.12. The van der Waals surface area contributed by atoms with Gasteiger partial charge in [0.15, 0.2) is 0 Å². The van der Waals surface area contributed by atoms with Crippen LogP contribution in [0, 0.1) is 6.92 Å². The van der Waals surface area contributed by atoms with E-state index in [1.807, 2.05) is 17.8 Å². The van der Waals surface area contributed by atoms with Crippen LogP contribution in [0.3, 0.4) is 0 Å². The molecule has 2 aliphatic rings. The average Bonchev–Trinajstić information content (AvgIpc) is 3.08. The Balaban J connectivity index is 1.66. The molecule has 2 saturated heterocycles. The van der Waals surface area contributed by atoms with Gasteiger partial charge in [-0.05, 0) is 31.7 Å². The van der Waals surface area contributed by atoms with Crippen molar-refractivity contribution in [2.45, 2.75) is 38.8 Å². The quantitative estimate of drug-likeness (QED) is 0.799. The Morgan fingerprint density at radius 3 is 2.87 bits per heavy atom. The van der Waals surface area contributed by atoms with E-state index in [0.29, 0.717) is 13.1 Å². The molecular formula is C15H21N5O3. The first-order chi connectivity index (χ1) is 11.0. The number of likely N-dealkylation sites (tertiary alicyclic amines) is 1. The first kappa shape index (κ1) is 15.5. The number of amides is 4. The molecule has 1 aromatic heterocycles. The monoisotopic (exact) mass is 319 g/mol. The van der Waals surface area contributed by atoms with Gasteiger partial charge in [0.05, 0.1) is 25.3 Å². The second-order valence-corrected chi connectivity index (χ2v) is 6.12. The molecule has 0 bridgehead atoms. The van der Waals surface area contributed by atoms with Crippen LogP contribution < -0.4 is 5.32 Å². The Morgan fingerprint density at radius 1 is 1.39 bits per heavy atom. The molecule has 0 aromatic carbocycles. The third kappa shape index (κ3) is 3.35. The largest absolute Gasteiger partial charge is 0.336 e. The summed E-state index contributed by atoms with van der Waals surface area (Å²) < 4.78 is 1.85. The number of rotatable bonds is 4. The molecule has 1 atom stereocenters. The Kier molecular flexibility index (Phi) is 4.31. The second kappa shape index (κ2) is 6.39. The number of urea groups is 1. The third-order valence-corrected chi connectivity index (χ3v) is 4.34. The van der Waals surface area contributed by atoms with E-state index in [4.69, 9.17) is 0 Å². The number of imide groups is 1. The smallest absolute Gasteiger partial charge is 0.325 e. The summed E-state index contributed by atoms with van der Waals surface area (Å²) >= 11 is 0. The lowest BCUT2D eigenvalue weighted by Crippen LogP contribution is -2.50. The highest BCUT2D eigenvalue weighted by molar-refractivity contribution is 6.04. The van der Waals surface area contributed by atoms with Crippen LogP contribution >= 0.6 is 0 Å². The van der Waals surface area contributed by atoms with Gasteiger partial charge >= 0.3 is 6.03 Å². The number of aromatic nitrogens is 2. The Labute approximate surface area is 134 Å². The molecular weight excluding hydrogens is 298 g/mol. The summed E-state index contributed by atoms with van der Waals surface area (Å²) in [5.74, 6) is -0.524. The molecule has 0 aliphatic carbocycles. The van der Waals surface area contributed by atoms with Crippen molar-refractivity contribution in [1.29, 1.82) is 0 Å². The normalized spacial score (nSPS) is 21.7. The number of piperidine rings is 1. The van der Waals surface area contributed by atoms with Gasteiger partial charge in [-0.1, -0.05) is 0 Å². The Hall–Kier alpha value is -2.38. The minimum absolute atomic E-state index is 0.0257. The molecule has 1 N–H and O–H groups in total. The molecule has 2 fully saturated rings. The van der Waals surface area contributed by atoms with Crippen LogP contribution in [-0.2, 0) is 16.1 Å². The van der Waals surface area contributed by atoms with Crippen LogP contribution in [0.5, 0.6) is 0 Å². The van der Waals surface area contributed by atoms with Crippen molar-refractivity contribution in [3.63, 3.8) is 0 Å². The molecule has 23 heavy (non-hydrogen) atoms. The van der Waals surface area contributed by atoms with Crippen LogP contribution in [0.2, 0.25) is 0 Å². The summed E-state index contributed by atoms with van der Waals surface area (Å²) in [4.78, 5) is 38.6. The molecule has 0 saturated carbocycles. The summed E-state index contributed by atoms with van der Waals surface area (Å²) in [7, 11) is 0. The number of carbonyl (C=O) groups is 3. The van der Waals surface area contributed by atoms with E-state index in [0.717, 1.165) is 29.7 Å². The molecule has 1 aromatic rings. The number of aryl methyl sites for hydroxylation is 1.